The normalized spacial score (nSPS) is 15.8. The summed E-state index contributed by atoms with van der Waals surface area (Å²) in [6.07, 6.45) is 7.24. The number of nitrogens with one attached hydrogen (secondary N) is 1. The SMILES string of the molecule is O=C(CCC1CCN(Cc2ccncc2)CC1)Nc1ccc(F)c(Cl)c1. The number of carbonyl (C=O) groups is 1. The molecule has 0 unspecified atom stereocenters. The second-order valence-corrected chi connectivity index (χ2v) is 7.20. The number of hydrogen-bond donors (Lipinski definition) is 1. The van der Waals surface area contributed by atoms with Crippen LogP contribution in [0.15, 0.2) is 42.7 Å². The standard InChI is InChI=1S/C20H23ClFN3O/c21-18-13-17(2-3-19(18)22)24-20(26)4-1-15-7-11-25(12-8-15)14-16-5-9-23-10-6-16/h2-3,5-6,9-10,13,15H,1,4,7-8,11-12,14H2,(H,24,26). The van der Waals surface area contributed by atoms with E-state index in [1.165, 1.54) is 23.8 Å². The van der Waals surface area contributed by atoms with Gasteiger partial charge in [-0.15, -0.1) is 0 Å². The lowest BCUT2D eigenvalue weighted by Gasteiger charge is -2.31. The van der Waals surface area contributed by atoms with Crippen molar-refractivity contribution in [1.29, 1.82) is 0 Å². The van der Waals surface area contributed by atoms with Crippen molar-refractivity contribution in [3.05, 3.63) is 59.1 Å². The van der Waals surface area contributed by atoms with Gasteiger partial charge in [0.2, 0.25) is 5.91 Å². The Hall–Kier alpha value is -1.98. The molecule has 138 valence electrons. The Morgan fingerprint density at radius 2 is 1.96 bits per heavy atom. The number of likely N-dealkylation sites (tertiary alicyclic amines) is 1. The van der Waals surface area contributed by atoms with Crippen molar-refractivity contribution in [3.8, 4) is 0 Å². The van der Waals surface area contributed by atoms with Gasteiger partial charge in [0.05, 0.1) is 5.02 Å². The molecule has 1 aliphatic heterocycles. The molecule has 4 nitrogen and oxygen atoms in total. The van der Waals surface area contributed by atoms with Gasteiger partial charge in [-0.05, 0) is 74.2 Å². The molecule has 0 bridgehead atoms. The maximum atomic E-state index is 13.1. The first kappa shape index (κ1) is 18.8. The molecule has 1 aliphatic rings. The van der Waals surface area contributed by atoms with Crippen LogP contribution in [-0.2, 0) is 11.3 Å². The molecule has 0 aliphatic carbocycles. The summed E-state index contributed by atoms with van der Waals surface area (Å²) in [5.74, 6) is 0.0429. The zero-order valence-electron chi connectivity index (χ0n) is 14.6. The summed E-state index contributed by atoms with van der Waals surface area (Å²) >= 11 is 5.73. The Labute approximate surface area is 158 Å². The molecule has 26 heavy (non-hydrogen) atoms. The summed E-state index contributed by atoms with van der Waals surface area (Å²) in [5, 5.41) is 2.80. The summed E-state index contributed by atoms with van der Waals surface area (Å²) in [6.45, 7) is 3.07. The summed E-state index contributed by atoms with van der Waals surface area (Å²) in [7, 11) is 0. The quantitative estimate of drug-likeness (QED) is 0.808. The van der Waals surface area contributed by atoms with Gasteiger partial charge in [0.25, 0.3) is 0 Å². The fourth-order valence-corrected chi connectivity index (χ4v) is 3.49. The summed E-state index contributed by atoms with van der Waals surface area (Å²) < 4.78 is 13.1. The largest absolute Gasteiger partial charge is 0.326 e. The van der Waals surface area contributed by atoms with Crippen molar-refractivity contribution < 1.29 is 9.18 Å². The zero-order valence-corrected chi connectivity index (χ0v) is 15.4. The first-order chi connectivity index (χ1) is 12.6. The number of halogens is 2. The topological polar surface area (TPSA) is 45.2 Å². The predicted molar refractivity (Wildman–Crippen MR) is 102 cm³/mol. The van der Waals surface area contributed by atoms with Crippen LogP contribution in [0.5, 0.6) is 0 Å². The number of carbonyl (C=O) groups excluding carboxylic acids is 1. The Kier molecular flexibility index (Phi) is 6.58. The third-order valence-corrected chi connectivity index (χ3v) is 5.14. The Morgan fingerprint density at radius 1 is 1.23 bits per heavy atom. The van der Waals surface area contributed by atoms with E-state index in [1.807, 2.05) is 12.4 Å². The van der Waals surface area contributed by atoms with Crippen LogP contribution in [0.2, 0.25) is 5.02 Å². The third-order valence-electron chi connectivity index (χ3n) is 4.85. The zero-order chi connectivity index (χ0) is 18.4. The van der Waals surface area contributed by atoms with Crippen molar-refractivity contribution in [1.82, 2.24) is 9.88 Å². The molecule has 1 N–H and O–H groups in total. The molecule has 2 heterocycles. The molecule has 6 heteroatoms. The number of piperidine rings is 1. The van der Waals surface area contributed by atoms with Crippen LogP contribution in [0.1, 0.15) is 31.2 Å². The van der Waals surface area contributed by atoms with E-state index >= 15 is 0 Å². The molecular weight excluding hydrogens is 353 g/mol. The van der Waals surface area contributed by atoms with Gasteiger partial charge in [-0.2, -0.15) is 0 Å². The van der Waals surface area contributed by atoms with Gasteiger partial charge in [0, 0.05) is 31.0 Å². The Morgan fingerprint density at radius 3 is 2.65 bits per heavy atom. The molecule has 1 fully saturated rings. The summed E-state index contributed by atoms with van der Waals surface area (Å²) in [4.78, 5) is 18.6. The van der Waals surface area contributed by atoms with E-state index in [4.69, 9.17) is 11.6 Å². The van der Waals surface area contributed by atoms with E-state index in [-0.39, 0.29) is 10.9 Å². The molecule has 2 aromatic rings. The van der Waals surface area contributed by atoms with Crippen LogP contribution in [0.4, 0.5) is 10.1 Å². The summed E-state index contributed by atoms with van der Waals surface area (Å²) in [6, 6.07) is 8.33. The van der Waals surface area contributed by atoms with Crippen molar-refractivity contribution in [2.75, 3.05) is 18.4 Å². The molecule has 0 radical (unpaired) electrons. The van der Waals surface area contributed by atoms with Gasteiger partial charge in [0.15, 0.2) is 0 Å². The van der Waals surface area contributed by atoms with Gasteiger partial charge in [-0.3, -0.25) is 14.7 Å². The number of benzene rings is 1. The second-order valence-electron chi connectivity index (χ2n) is 6.79. The van der Waals surface area contributed by atoms with Crippen molar-refractivity contribution in [3.63, 3.8) is 0 Å². The van der Waals surface area contributed by atoms with Gasteiger partial charge >= 0.3 is 0 Å². The van der Waals surface area contributed by atoms with Crippen LogP contribution in [0.3, 0.4) is 0 Å². The number of hydrogen-bond acceptors (Lipinski definition) is 3. The number of rotatable bonds is 6. The monoisotopic (exact) mass is 375 g/mol. The number of nitrogens with zero attached hydrogens (tertiary/aromatic N) is 2. The average Bonchev–Trinajstić information content (AvgIpc) is 2.65. The van der Waals surface area contributed by atoms with Gasteiger partial charge in [-0.1, -0.05) is 11.6 Å². The average molecular weight is 376 g/mol. The molecule has 1 aromatic carbocycles. The maximum absolute atomic E-state index is 13.1. The second kappa shape index (κ2) is 9.10. The maximum Gasteiger partial charge on any atom is 0.224 e. The van der Waals surface area contributed by atoms with E-state index in [0.29, 0.717) is 18.0 Å². The summed E-state index contributed by atoms with van der Waals surface area (Å²) in [5.41, 5.74) is 1.82. The van der Waals surface area contributed by atoms with Crippen molar-refractivity contribution in [2.24, 2.45) is 5.92 Å². The fraction of sp³-hybridized carbons (Fsp3) is 0.400. The minimum absolute atomic E-state index is 0.0179. The highest BCUT2D eigenvalue weighted by Gasteiger charge is 2.20. The first-order valence-corrected chi connectivity index (χ1v) is 9.34. The Bertz CT molecular complexity index is 733. The minimum Gasteiger partial charge on any atom is -0.326 e. The molecule has 1 amide bonds. The first-order valence-electron chi connectivity index (χ1n) is 8.96. The van der Waals surface area contributed by atoms with Crippen LogP contribution in [0.25, 0.3) is 0 Å². The smallest absolute Gasteiger partial charge is 0.224 e. The molecule has 1 saturated heterocycles. The van der Waals surface area contributed by atoms with Crippen molar-refractivity contribution in [2.45, 2.75) is 32.2 Å². The molecule has 3 rings (SSSR count). The number of pyridine rings is 1. The fourth-order valence-electron chi connectivity index (χ4n) is 3.31. The van der Waals surface area contributed by atoms with Gasteiger partial charge < -0.3 is 5.32 Å². The lowest BCUT2D eigenvalue weighted by Crippen LogP contribution is -2.33. The molecule has 0 saturated carbocycles. The van der Waals surface area contributed by atoms with E-state index in [0.717, 1.165) is 38.9 Å². The highest BCUT2D eigenvalue weighted by Crippen LogP contribution is 2.24. The third kappa shape index (κ3) is 5.51. The molecule has 0 spiro atoms. The number of amides is 1. The molecule has 0 atom stereocenters. The predicted octanol–water partition coefficient (Wildman–Crippen LogP) is 4.51. The Balaban J connectivity index is 1.38. The highest BCUT2D eigenvalue weighted by molar-refractivity contribution is 6.31. The minimum atomic E-state index is -0.483. The van der Waals surface area contributed by atoms with Crippen LogP contribution >= 0.6 is 11.6 Å². The lowest BCUT2D eigenvalue weighted by molar-refractivity contribution is -0.116. The van der Waals surface area contributed by atoms with Crippen LogP contribution < -0.4 is 5.32 Å². The van der Waals surface area contributed by atoms with E-state index < -0.39 is 5.82 Å². The van der Waals surface area contributed by atoms with E-state index in [2.05, 4.69) is 27.3 Å². The molecule has 1 aromatic heterocycles. The van der Waals surface area contributed by atoms with Gasteiger partial charge in [0.1, 0.15) is 5.82 Å². The van der Waals surface area contributed by atoms with Crippen LogP contribution in [0, 0.1) is 11.7 Å². The molecular formula is C20H23ClFN3O. The number of anilines is 1. The van der Waals surface area contributed by atoms with E-state index in [9.17, 15) is 9.18 Å². The lowest BCUT2D eigenvalue weighted by atomic mass is 9.92. The van der Waals surface area contributed by atoms with Crippen molar-refractivity contribution >= 4 is 23.2 Å². The van der Waals surface area contributed by atoms with E-state index in [1.54, 1.807) is 0 Å². The van der Waals surface area contributed by atoms with Gasteiger partial charge in [-0.25, -0.2) is 4.39 Å². The highest BCUT2D eigenvalue weighted by atomic mass is 35.5. The number of aromatic nitrogens is 1. The van der Waals surface area contributed by atoms with Crippen LogP contribution in [-0.4, -0.2) is 28.9 Å².